The number of amides is 1. The number of fused-ring (bicyclic) bond motifs is 1. The highest BCUT2D eigenvalue weighted by Gasteiger charge is 2.55. The zero-order chi connectivity index (χ0) is 22.3. The fourth-order valence-electron chi connectivity index (χ4n) is 4.98. The van der Waals surface area contributed by atoms with Gasteiger partial charge >= 0.3 is 6.18 Å². The predicted octanol–water partition coefficient (Wildman–Crippen LogP) is 5.64. The van der Waals surface area contributed by atoms with Gasteiger partial charge in [-0.15, -0.1) is 0 Å². The van der Waals surface area contributed by atoms with Crippen LogP contribution < -0.4 is 5.32 Å². The minimum Gasteiger partial charge on any atom is -0.349 e. The molecule has 1 saturated heterocycles. The average molecular weight is 438 g/mol. The molecule has 1 atom stereocenters. The largest absolute Gasteiger partial charge is 0.416 e. The van der Waals surface area contributed by atoms with Crippen LogP contribution in [0.2, 0.25) is 0 Å². The molecular weight excluding hydrogens is 413 g/mol. The van der Waals surface area contributed by atoms with Crippen molar-refractivity contribution in [3.05, 3.63) is 83.4 Å². The molecular formula is C26H25F3N2O. The highest BCUT2D eigenvalue weighted by atomic mass is 19.4. The van der Waals surface area contributed by atoms with Gasteiger partial charge in [0, 0.05) is 18.2 Å². The van der Waals surface area contributed by atoms with Crippen molar-refractivity contribution in [2.45, 2.75) is 38.0 Å². The van der Waals surface area contributed by atoms with E-state index in [9.17, 15) is 18.0 Å². The van der Waals surface area contributed by atoms with E-state index in [1.54, 1.807) is 12.1 Å². The number of rotatable bonds is 4. The van der Waals surface area contributed by atoms with Gasteiger partial charge in [-0.2, -0.15) is 13.2 Å². The molecule has 2 aliphatic rings. The minimum absolute atomic E-state index is 0.0177. The molecule has 3 aromatic carbocycles. The van der Waals surface area contributed by atoms with Crippen molar-refractivity contribution in [2.75, 3.05) is 13.1 Å². The lowest BCUT2D eigenvalue weighted by Crippen LogP contribution is -2.38. The highest BCUT2D eigenvalue weighted by molar-refractivity contribution is 6.07. The van der Waals surface area contributed by atoms with Gasteiger partial charge < -0.3 is 5.32 Å². The number of carbonyl (C=O) groups excluding carboxylic acids is 1. The molecule has 32 heavy (non-hydrogen) atoms. The Kier molecular flexibility index (Phi) is 5.20. The van der Waals surface area contributed by atoms with Crippen molar-refractivity contribution >= 4 is 16.7 Å². The molecule has 1 N–H and O–H groups in total. The number of benzene rings is 3. The van der Waals surface area contributed by atoms with Crippen LogP contribution in [0.25, 0.3) is 10.8 Å². The Morgan fingerprint density at radius 1 is 0.969 bits per heavy atom. The molecule has 1 spiro atoms. The SMILES string of the molecule is O=C(NC1CC12CCN(Cc1ccc(C(F)(F)F)cc1)CC2)c1cccc2ccccc12. The van der Waals surface area contributed by atoms with Crippen LogP contribution in [0.1, 0.15) is 40.7 Å². The number of halogens is 3. The summed E-state index contributed by atoms with van der Waals surface area (Å²) in [5.74, 6) is -0.0177. The Hall–Kier alpha value is -2.86. The lowest BCUT2D eigenvalue weighted by atomic mass is 9.92. The van der Waals surface area contributed by atoms with E-state index in [-0.39, 0.29) is 17.4 Å². The van der Waals surface area contributed by atoms with Gasteiger partial charge in [-0.3, -0.25) is 9.69 Å². The number of nitrogens with one attached hydrogen (secondary N) is 1. The smallest absolute Gasteiger partial charge is 0.349 e. The van der Waals surface area contributed by atoms with Crippen molar-refractivity contribution in [1.29, 1.82) is 0 Å². The van der Waals surface area contributed by atoms with Gasteiger partial charge in [-0.1, -0.05) is 48.5 Å². The quantitative estimate of drug-likeness (QED) is 0.572. The van der Waals surface area contributed by atoms with Crippen molar-refractivity contribution in [3.63, 3.8) is 0 Å². The molecule has 6 heteroatoms. The third-order valence-corrected chi connectivity index (χ3v) is 7.07. The Morgan fingerprint density at radius 3 is 2.38 bits per heavy atom. The predicted molar refractivity (Wildman–Crippen MR) is 118 cm³/mol. The molecule has 0 bridgehead atoms. The van der Waals surface area contributed by atoms with E-state index < -0.39 is 11.7 Å². The first-order valence-corrected chi connectivity index (χ1v) is 11.0. The van der Waals surface area contributed by atoms with Crippen LogP contribution in [0.15, 0.2) is 66.7 Å². The van der Waals surface area contributed by atoms with Crippen LogP contribution in [-0.4, -0.2) is 29.9 Å². The molecule has 3 aromatic rings. The second-order valence-corrected chi connectivity index (χ2v) is 9.09. The lowest BCUT2D eigenvalue weighted by Gasteiger charge is -2.33. The fourth-order valence-corrected chi connectivity index (χ4v) is 4.98. The summed E-state index contributed by atoms with van der Waals surface area (Å²) in [6, 6.07) is 19.3. The molecule has 0 aromatic heterocycles. The Labute approximate surface area is 185 Å². The van der Waals surface area contributed by atoms with Crippen molar-refractivity contribution in [3.8, 4) is 0 Å². The third kappa shape index (κ3) is 4.11. The van der Waals surface area contributed by atoms with Crippen molar-refractivity contribution < 1.29 is 18.0 Å². The molecule has 3 nitrogen and oxygen atoms in total. The van der Waals surface area contributed by atoms with E-state index in [2.05, 4.69) is 10.2 Å². The first-order chi connectivity index (χ1) is 15.3. The number of carbonyl (C=O) groups is 1. The molecule has 1 aliphatic heterocycles. The average Bonchev–Trinajstić information content (AvgIpc) is 3.45. The van der Waals surface area contributed by atoms with Gasteiger partial charge in [0.25, 0.3) is 5.91 Å². The van der Waals surface area contributed by atoms with Gasteiger partial charge in [0.1, 0.15) is 0 Å². The number of nitrogens with zero attached hydrogens (tertiary/aromatic N) is 1. The van der Waals surface area contributed by atoms with Crippen LogP contribution in [0.4, 0.5) is 13.2 Å². The first-order valence-electron chi connectivity index (χ1n) is 11.0. The number of alkyl halides is 3. The molecule has 2 fully saturated rings. The Balaban J connectivity index is 1.16. The lowest BCUT2D eigenvalue weighted by molar-refractivity contribution is -0.137. The van der Waals surface area contributed by atoms with Crippen LogP contribution >= 0.6 is 0 Å². The van der Waals surface area contributed by atoms with Gasteiger partial charge in [-0.25, -0.2) is 0 Å². The standard InChI is InChI=1S/C26H25F3N2O/c27-26(28,29)20-10-8-18(9-11-20)17-31-14-12-25(13-15-31)16-23(25)30-24(32)22-7-3-5-19-4-1-2-6-21(19)22/h1-11,23H,12-17H2,(H,30,32). The maximum atomic E-state index is 12.9. The number of likely N-dealkylation sites (tertiary alicyclic amines) is 1. The topological polar surface area (TPSA) is 32.3 Å². The molecule has 1 heterocycles. The summed E-state index contributed by atoms with van der Waals surface area (Å²) in [5, 5.41) is 5.27. The maximum absolute atomic E-state index is 12.9. The molecule has 0 radical (unpaired) electrons. The first kappa shape index (κ1) is 21.0. The molecule has 1 amide bonds. The number of piperidine rings is 1. The van der Waals surface area contributed by atoms with Crippen molar-refractivity contribution in [1.82, 2.24) is 10.2 Å². The monoisotopic (exact) mass is 438 g/mol. The summed E-state index contributed by atoms with van der Waals surface area (Å²) in [6.07, 6.45) is -1.31. The molecule has 1 saturated carbocycles. The molecule has 1 unspecified atom stereocenters. The zero-order valence-corrected chi connectivity index (χ0v) is 17.7. The second kappa shape index (κ2) is 7.93. The fraction of sp³-hybridized carbons (Fsp3) is 0.346. The van der Waals surface area contributed by atoms with E-state index in [0.29, 0.717) is 12.1 Å². The van der Waals surface area contributed by atoms with Gasteiger partial charge in [0.2, 0.25) is 0 Å². The molecule has 5 rings (SSSR count). The van der Waals surface area contributed by atoms with E-state index in [4.69, 9.17) is 0 Å². The Bertz CT molecular complexity index is 1130. The normalized spacial score (nSPS) is 20.4. The van der Waals surface area contributed by atoms with E-state index >= 15 is 0 Å². The summed E-state index contributed by atoms with van der Waals surface area (Å²) in [5.41, 5.74) is 1.16. The summed E-state index contributed by atoms with van der Waals surface area (Å²) >= 11 is 0. The zero-order valence-electron chi connectivity index (χ0n) is 17.7. The summed E-state index contributed by atoms with van der Waals surface area (Å²) in [6.45, 7) is 2.44. The highest BCUT2D eigenvalue weighted by Crippen LogP contribution is 2.54. The summed E-state index contributed by atoms with van der Waals surface area (Å²) in [4.78, 5) is 15.2. The van der Waals surface area contributed by atoms with Gasteiger partial charge in [0.05, 0.1) is 5.56 Å². The van der Waals surface area contributed by atoms with Crippen LogP contribution in [-0.2, 0) is 12.7 Å². The maximum Gasteiger partial charge on any atom is 0.416 e. The van der Waals surface area contributed by atoms with E-state index in [1.807, 2.05) is 42.5 Å². The van der Waals surface area contributed by atoms with Crippen LogP contribution in [0.3, 0.4) is 0 Å². The van der Waals surface area contributed by atoms with Crippen LogP contribution in [0, 0.1) is 5.41 Å². The Morgan fingerprint density at radius 2 is 1.66 bits per heavy atom. The summed E-state index contributed by atoms with van der Waals surface area (Å²) in [7, 11) is 0. The number of hydrogen-bond donors (Lipinski definition) is 1. The van der Waals surface area contributed by atoms with Crippen molar-refractivity contribution in [2.24, 2.45) is 5.41 Å². The summed E-state index contributed by atoms with van der Waals surface area (Å²) < 4.78 is 38.2. The van der Waals surface area contributed by atoms with Gasteiger partial charge in [0.15, 0.2) is 0 Å². The second-order valence-electron chi connectivity index (χ2n) is 9.09. The molecule has 166 valence electrons. The number of hydrogen-bond acceptors (Lipinski definition) is 2. The van der Waals surface area contributed by atoms with E-state index in [1.165, 1.54) is 0 Å². The third-order valence-electron chi connectivity index (χ3n) is 7.07. The van der Waals surface area contributed by atoms with Gasteiger partial charge in [-0.05, 0) is 72.3 Å². The van der Waals surface area contributed by atoms with Crippen LogP contribution in [0.5, 0.6) is 0 Å². The minimum atomic E-state index is -4.30. The van der Waals surface area contributed by atoms with E-state index in [0.717, 1.165) is 60.8 Å². The molecule has 1 aliphatic carbocycles.